The van der Waals surface area contributed by atoms with Gasteiger partial charge in [-0.15, -0.1) is 0 Å². The fourth-order valence-electron chi connectivity index (χ4n) is 1.59. The van der Waals surface area contributed by atoms with Crippen molar-refractivity contribution in [2.75, 3.05) is 0 Å². The second-order valence-electron chi connectivity index (χ2n) is 3.25. The molecule has 0 aromatic carbocycles. The molecule has 1 fully saturated rings. The molecule has 0 aliphatic heterocycles. The summed E-state index contributed by atoms with van der Waals surface area (Å²) in [6, 6.07) is 0.309. The molecule has 2 rings (SSSR count). The molecule has 13 heavy (non-hydrogen) atoms. The summed E-state index contributed by atoms with van der Waals surface area (Å²) in [4.78, 5) is 11.4. The van der Waals surface area contributed by atoms with E-state index in [0.717, 1.165) is 12.8 Å². The van der Waals surface area contributed by atoms with Crippen molar-refractivity contribution >= 4 is 5.91 Å². The fourth-order valence-corrected chi connectivity index (χ4v) is 1.59. The van der Waals surface area contributed by atoms with Gasteiger partial charge in [0.25, 0.3) is 5.91 Å². The quantitative estimate of drug-likeness (QED) is 0.730. The Labute approximate surface area is 75.5 Å². The fraction of sp³-hybridized carbons (Fsp3) is 0.625. The van der Waals surface area contributed by atoms with Crippen LogP contribution in [0.15, 0.2) is 10.8 Å². The molecule has 0 saturated heterocycles. The van der Waals surface area contributed by atoms with Gasteiger partial charge >= 0.3 is 0 Å². The van der Waals surface area contributed by atoms with Crippen molar-refractivity contribution < 1.29 is 9.42 Å². The highest BCUT2D eigenvalue weighted by Crippen LogP contribution is 2.17. The lowest BCUT2D eigenvalue weighted by atomic mass is 10.2. The number of nitrogens with zero attached hydrogens (tertiary/aromatic N) is 2. The number of hydrogen-bond donors (Lipinski definition) is 1. The zero-order valence-corrected chi connectivity index (χ0v) is 7.19. The van der Waals surface area contributed by atoms with E-state index in [1.807, 2.05) is 0 Å². The van der Waals surface area contributed by atoms with Crippen LogP contribution in [0.5, 0.6) is 0 Å². The summed E-state index contributed by atoms with van der Waals surface area (Å²) in [6.07, 6.45) is 5.85. The lowest BCUT2D eigenvalue weighted by Crippen LogP contribution is -2.32. The molecule has 1 amide bonds. The lowest BCUT2D eigenvalue weighted by molar-refractivity contribution is 0.0928. The number of amides is 1. The number of nitrogens with one attached hydrogen (secondary N) is 1. The third kappa shape index (κ3) is 1.85. The largest absolute Gasteiger partial charge is 0.348 e. The monoisotopic (exact) mass is 181 g/mol. The topological polar surface area (TPSA) is 68.0 Å². The molecule has 0 unspecified atom stereocenters. The van der Waals surface area contributed by atoms with E-state index in [2.05, 4.69) is 20.3 Å². The first-order valence-electron chi connectivity index (χ1n) is 4.44. The molecule has 1 aromatic rings. The standard InChI is InChI=1S/C8H11N3O2/c12-8(7-5-9-13-11-7)10-6-3-1-2-4-6/h5-6H,1-4H2,(H,10,12). The van der Waals surface area contributed by atoms with Crippen LogP contribution >= 0.6 is 0 Å². The Bertz CT molecular complexity index is 278. The molecule has 1 N–H and O–H groups in total. The third-order valence-electron chi connectivity index (χ3n) is 2.28. The summed E-state index contributed by atoms with van der Waals surface area (Å²) < 4.78 is 4.34. The molecule has 1 aromatic heterocycles. The van der Waals surface area contributed by atoms with Crippen molar-refractivity contribution in [2.24, 2.45) is 0 Å². The molecule has 5 nitrogen and oxygen atoms in total. The highest BCUT2D eigenvalue weighted by atomic mass is 16.6. The summed E-state index contributed by atoms with van der Waals surface area (Å²) in [5.41, 5.74) is 0.256. The minimum absolute atomic E-state index is 0.187. The average Bonchev–Trinajstić information content (AvgIpc) is 2.74. The lowest BCUT2D eigenvalue weighted by Gasteiger charge is -2.08. The van der Waals surface area contributed by atoms with Crippen molar-refractivity contribution in [3.8, 4) is 0 Å². The van der Waals surface area contributed by atoms with Gasteiger partial charge in [-0.3, -0.25) is 4.79 Å². The first-order valence-corrected chi connectivity index (χ1v) is 4.44. The first-order chi connectivity index (χ1) is 6.36. The highest BCUT2D eigenvalue weighted by molar-refractivity contribution is 5.91. The predicted molar refractivity (Wildman–Crippen MR) is 44.0 cm³/mol. The first kappa shape index (κ1) is 8.22. The molecule has 0 bridgehead atoms. The Morgan fingerprint density at radius 1 is 1.54 bits per heavy atom. The van der Waals surface area contributed by atoms with E-state index in [4.69, 9.17) is 0 Å². The number of carbonyl (C=O) groups excluding carboxylic acids is 1. The number of carbonyl (C=O) groups is 1. The van der Waals surface area contributed by atoms with Crippen LogP contribution in [0.25, 0.3) is 0 Å². The Balaban J connectivity index is 1.91. The third-order valence-corrected chi connectivity index (χ3v) is 2.28. The van der Waals surface area contributed by atoms with Crippen LogP contribution in [0.1, 0.15) is 36.2 Å². The van der Waals surface area contributed by atoms with Gasteiger partial charge in [-0.2, -0.15) is 0 Å². The normalized spacial score (nSPS) is 17.5. The maximum Gasteiger partial charge on any atom is 0.275 e. The maximum atomic E-state index is 11.4. The van der Waals surface area contributed by atoms with Gasteiger partial charge < -0.3 is 5.32 Å². The molecule has 0 radical (unpaired) electrons. The van der Waals surface area contributed by atoms with E-state index >= 15 is 0 Å². The zero-order chi connectivity index (χ0) is 9.10. The summed E-state index contributed by atoms with van der Waals surface area (Å²) in [5, 5.41) is 9.71. The van der Waals surface area contributed by atoms with Gasteiger partial charge in [-0.25, -0.2) is 4.63 Å². The van der Waals surface area contributed by atoms with Crippen molar-refractivity contribution in [1.29, 1.82) is 0 Å². The van der Waals surface area contributed by atoms with Crippen LogP contribution in [0.2, 0.25) is 0 Å². The Morgan fingerprint density at radius 3 is 2.92 bits per heavy atom. The molecular weight excluding hydrogens is 170 g/mol. The van der Waals surface area contributed by atoms with Crippen LogP contribution in [0.3, 0.4) is 0 Å². The molecule has 1 heterocycles. The molecule has 1 aliphatic carbocycles. The van der Waals surface area contributed by atoms with Gasteiger partial charge in [0.1, 0.15) is 6.20 Å². The van der Waals surface area contributed by atoms with Gasteiger partial charge in [-0.1, -0.05) is 18.0 Å². The second kappa shape index (κ2) is 3.55. The van der Waals surface area contributed by atoms with Crippen LogP contribution in [-0.2, 0) is 0 Å². The van der Waals surface area contributed by atoms with E-state index in [1.54, 1.807) is 0 Å². The highest BCUT2D eigenvalue weighted by Gasteiger charge is 2.19. The van der Waals surface area contributed by atoms with Crippen LogP contribution in [-0.4, -0.2) is 22.3 Å². The number of rotatable bonds is 2. The predicted octanol–water partition coefficient (Wildman–Crippen LogP) is 0.742. The number of aromatic nitrogens is 2. The molecule has 70 valence electrons. The Hall–Kier alpha value is -1.39. The maximum absolute atomic E-state index is 11.4. The minimum Gasteiger partial charge on any atom is -0.348 e. The Morgan fingerprint density at radius 2 is 2.31 bits per heavy atom. The van der Waals surface area contributed by atoms with E-state index in [0.29, 0.717) is 6.04 Å². The minimum atomic E-state index is -0.187. The molecule has 0 atom stereocenters. The van der Waals surface area contributed by atoms with Crippen molar-refractivity contribution in [2.45, 2.75) is 31.7 Å². The second-order valence-corrected chi connectivity index (χ2v) is 3.25. The molecule has 0 spiro atoms. The zero-order valence-electron chi connectivity index (χ0n) is 7.19. The van der Waals surface area contributed by atoms with Crippen LogP contribution in [0.4, 0.5) is 0 Å². The van der Waals surface area contributed by atoms with Gasteiger partial charge in [0, 0.05) is 6.04 Å². The molecule has 1 saturated carbocycles. The van der Waals surface area contributed by atoms with Gasteiger partial charge in [0.2, 0.25) is 0 Å². The SMILES string of the molecule is O=C(NC1CCCC1)c1cnon1. The van der Waals surface area contributed by atoms with Crippen molar-refractivity contribution in [1.82, 2.24) is 15.6 Å². The summed E-state index contributed by atoms with van der Waals surface area (Å²) in [6.45, 7) is 0. The number of hydrogen-bond acceptors (Lipinski definition) is 4. The smallest absolute Gasteiger partial charge is 0.275 e. The van der Waals surface area contributed by atoms with Crippen molar-refractivity contribution in [3.63, 3.8) is 0 Å². The van der Waals surface area contributed by atoms with E-state index in [9.17, 15) is 4.79 Å². The summed E-state index contributed by atoms with van der Waals surface area (Å²) in [7, 11) is 0. The average molecular weight is 181 g/mol. The Kier molecular flexibility index (Phi) is 2.25. The van der Waals surface area contributed by atoms with Crippen LogP contribution < -0.4 is 5.32 Å². The van der Waals surface area contributed by atoms with E-state index in [-0.39, 0.29) is 11.6 Å². The molecular formula is C8H11N3O2. The van der Waals surface area contributed by atoms with Gasteiger partial charge in [0.15, 0.2) is 5.69 Å². The van der Waals surface area contributed by atoms with E-state index < -0.39 is 0 Å². The van der Waals surface area contributed by atoms with Crippen molar-refractivity contribution in [3.05, 3.63) is 11.9 Å². The summed E-state index contributed by atoms with van der Waals surface area (Å²) in [5.74, 6) is -0.187. The molecule has 1 aliphatic rings. The molecule has 5 heteroatoms. The van der Waals surface area contributed by atoms with Gasteiger partial charge in [0.05, 0.1) is 0 Å². The van der Waals surface area contributed by atoms with E-state index in [1.165, 1.54) is 19.0 Å². The van der Waals surface area contributed by atoms with Gasteiger partial charge in [-0.05, 0) is 18.0 Å². The van der Waals surface area contributed by atoms with Crippen LogP contribution in [0, 0.1) is 0 Å². The summed E-state index contributed by atoms with van der Waals surface area (Å²) >= 11 is 0.